The van der Waals surface area contributed by atoms with E-state index in [0.717, 1.165) is 30.9 Å². The number of ether oxygens (including phenoxy) is 2. The summed E-state index contributed by atoms with van der Waals surface area (Å²) >= 11 is 0. The molecule has 228 valence electrons. The average molecular weight is 598 g/mol. The van der Waals surface area contributed by atoms with E-state index >= 15 is 0 Å². The molecule has 0 amide bonds. The first-order valence-corrected chi connectivity index (χ1v) is 13.9. The van der Waals surface area contributed by atoms with Crippen molar-refractivity contribution in [1.29, 1.82) is 0 Å². The molecule has 3 heterocycles. The number of alkyl halides is 6. The summed E-state index contributed by atoms with van der Waals surface area (Å²) in [6.07, 6.45) is -7.88. The number of aromatic nitrogens is 3. The Hall–Kier alpha value is -3.00. The van der Waals surface area contributed by atoms with E-state index < -0.39 is 41.9 Å². The minimum absolute atomic E-state index is 0.111. The summed E-state index contributed by atoms with van der Waals surface area (Å²) in [7, 11) is 0. The van der Waals surface area contributed by atoms with Crippen molar-refractivity contribution in [2.75, 3.05) is 32.8 Å². The fraction of sp³-hybridized carbons (Fsp3) is 0.517. The lowest BCUT2D eigenvalue weighted by Crippen LogP contribution is -2.46. The van der Waals surface area contributed by atoms with Crippen LogP contribution in [0.15, 0.2) is 54.7 Å². The highest BCUT2D eigenvalue weighted by atomic mass is 19.4. The number of nitrogens with zero attached hydrogens (tertiary/aromatic N) is 5. The van der Waals surface area contributed by atoms with Crippen LogP contribution in [0.2, 0.25) is 0 Å². The van der Waals surface area contributed by atoms with Gasteiger partial charge in [0.25, 0.3) is 0 Å². The van der Waals surface area contributed by atoms with Crippen LogP contribution in [0, 0.1) is 0 Å². The summed E-state index contributed by atoms with van der Waals surface area (Å²) in [5, 5.41) is 9.04. The van der Waals surface area contributed by atoms with E-state index in [-0.39, 0.29) is 18.2 Å². The molecule has 0 unspecified atom stereocenters. The molecule has 2 aliphatic rings. The quantitative estimate of drug-likeness (QED) is 0.279. The number of hydrogen-bond acceptors (Lipinski definition) is 6. The minimum Gasteiger partial charge on any atom is -0.349 e. The molecule has 2 saturated heterocycles. The van der Waals surface area contributed by atoms with E-state index in [2.05, 4.69) is 20.0 Å². The highest BCUT2D eigenvalue weighted by Crippen LogP contribution is 2.39. The predicted octanol–water partition coefficient (Wildman–Crippen LogP) is 6.09. The third-order valence-electron chi connectivity index (χ3n) is 7.63. The zero-order chi connectivity index (χ0) is 29.9. The van der Waals surface area contributed by atoms with Gasteiger partial charge in [-0.3, -0.25) is 4.90 Å². The molecule has 2 aliphatic heterocycles. The van der Waals surface area contributed by atoms with Crippen molar-refractivity contribution in [2.45, 2.75) is 63.6 Å². The number of rotatable bonds is 9. The normalized spacial score (nSPS) is 21.6. The molecule has 13 heteroatoms. The Morgan fingerprint density at radius 3 is 2.24 bits per heavy atom. The topological polar surface area (TPSA) is 55.7 Å². The van der Waals surface area contributed by atoms with E-state index in [1.54, 1.807) is 11.0 Å². The van der Waals surface area contributed by atoms with Crippen LogP contribution in [0.1, 0.15) is 59.9 Å². The monoisotopic (exact) mass is 597 g/mol. The second-order valence-electron chi connectivity index (χ2n) is 10.7. The number of hydrogen-bond donors (Lipinski definition) is 0. The average Bonchev–Trinajstić information content (AvgIpc) is 3.63. The van der Waals surface area contributed by atoms with Crippen molar-refractivity contribution >= 4 is 0 Å². The maximum Gasteiger partial charge on any atom is 0.416 e. The van der Waals surface area contributed by atoms with E-state index in [0.29, 0.717) is 31.8 Å². The highest BCUT2D eigenvalue weighted by Gasteiger charge is 2.39. The standard InChI is InChI=1S/C29H33F6N5O2/c1-20(22-15-23(28(30,31)32)17-24(16-22)29(33,34)35)42-27-26(21-7-3-2-4-8-21)39(13-14-41-27)19-25-18-36-40(37-25)12-11-38-9-5-6-10-38/h2-4,7-8,15-18,20,26-27H,5-6,9-14,19H2,1H3/t20-,26+,27-/m1/s1. The van der Waals surface area contributed by atoms with Gasteiger partial charge in [-0.2, -0.15) is 41.3 Å². The summed E-state index contributed by atoms with van der Waals surface area (Å²) in [6.45, 7) is 6.30. The maximum atomic E-state index is 13.5. The van der Waals surface area contributed by atoms with Crippen molar-refractivity contribution in [3.63, 3.8) is 0 Å². The van der Waals surface area contributed by atoms with Crippen LogP contribution in [0.25, 0.3) is 0 Å². The molecule has 3 aromatic rings. The lowest BCUT2D eigenvalue weighted by atomic mass is 10.0. The van der Waals surface area contributed by atoms with Crippen molar-refractivity contribution in [3.05, 3.63) is 82.7 Å². The smallest absolute Gasteiger partial charge is 0.349 e. The molecule has 0 radical (unpaired) electrons. The van der Waals surface area contributed by atoms with Crippen LogP contribution in [0.5, 0.6) is 0 Å². The molecule has 3 atom stereocenters. The lowest BCUT2D eigenvalue weighted by Gasteiger charge is -2.41. The van der Waals surface area contributed by atoms with E-state index in [4.69, 9.17) is 9.47 Å². The second kappa shape index (κ2) is 12.7. The first-order valence-electron chi connectivity index (χ1n) is 13.9. The predicted molar refractivity (Wildman–Crippen MR) is 141 cm³/mol. The van der Waals surface area contributed by atoms with Gasteiger partial charge in [-0.1, -0.05) is 30.3 Å². The summed E-state index contributed by atoms with van der Waals surface area (Å²) in [5.74, 6) is 0. The molecule has 0 saturated carbocycles. The fourth-order valence-corrected chi connectivity index (χ4v) is 5.45. The number of benzene rings is 2. The van der Waals surface area contributed by atoms with Gasteiger partial charge in [0.15, 0.2) is 6.29 Å². The van der Waals surface area contributed by atoms with Gasteiger partial charge in [0.2, 0.25) is 0 Å². The molecular weight excluding hydrogens is 564 g/mol. The number of morpholine rings is 1. The van der Waals surface area contributed by atoms with Crippen LogP contribution < -0.4 is 0 Å². The molecule has 1 aromatic heterocycles. The van der Waals surface area contributed by atoms with Gasteiger partial charge >= 0.3 is 12.4 Å². The zero-order valence-corrected chi connectivity index (χ0v) is 23.1. The second-order valence-corrected chi connectivity index (χ2v) is 10.7. The largest absolute Gasteiger partial charge is 0.416 e. The Labute approximate surface area is 240 Å². The molecule has 2 fully saturated rings. The molecule has 7 nitrogen and oxygen atoms in total. The minimum atomic E-state index is -4.95. The Morgan fingerprint density at radius 2 is 1.60 bits per heavy atom. The summed E-state index contributed by atoms with van der Waals surface area (Å²) in [6, 6.07) is 10.3. The summed E-state index contributed by atoms with van der Waals surface area (Å²) in [5.41, 5.74) is -1.46. The van der Waals surface area contributed by atoms with Crippen LogP contribution in [0.4, 0.5) is 26.3 Å². The van der Waals surface area contributed by atoms with Gasteiger partial charge < -0.3 is 14.4 Å². The van der Waals surface area contributed by atoms with Crippen LogP contribution >= 0.6 is 0 Å². The van der Waals surface area contributed by atoms with Crippen LogP contribution in [-0.2, 0) is 34.9 Å². The molecule has 0 N–H and O–H groups in total. The van der Waals surface area contributed by atoms with Crippen molar-refractivity contribution in [2.24, 2.45) is 0 Å². The van der Waals surface area contributed by atoms with E-state index in [1.165, 1.54) is 19.8 Å². The van der Waals surface area contributed by atoms with Crippen LogP contribution in [-0.4, -0.2) is 63.9 Å². The molecular formula is C29H33F6N5O2. The Kier molecular flexibility index (Phi) is 9.21. The summed E-state index contributed by atoms with van der Waals surface area (Å²) < 4.78 is 92.9. The maximum absolute atomic E-state index is 13.5. The molecule has 5 rings (SSSR count). The van der Waals surface area contributed by atoms with Gasteiger partial charge in [-0.25, -0.2) is 0 Å². The van der Waals surface area contributed by atoms with Crippen LogP contribution in [0.3, 0.4) is 0 Å². The van der Waals surface area contributed by atoms with Gasteiger partial charge in [0.05, 0.1) is 48.3 Å². The first kappa shape index (κ1) is 30.5. The van der Waals surface area contributed by atoms with Gasteiger partial charge in [0, 0.05) is 19.6 Å². The Bertz CT molecular complexity index is 1280. The van der Waals surface area contributed by atoms with E-state index in [1.807, 2.05) is 30.3 Å². The fourth-order valence-electron chi connectivity index (χ4n) is 5.45. The van der Waals surface area contributed by atoms with Crippen molar-refractivity contribution in [3.8, 4) is 0 Å². The third kappa shape index (κ3) is 7.49. The Balaban J connectivity index is 1.35. The molecule has 0 bridgehead atoms. The van der Waals surface area contributed by atoms with Gasteiger partial charge in [-0.15, -0.1) is 0 Å². The van der Waals surface area contributed by atoms with E-state index in [9.17, 15) is 26.3 Å². The number of halogens is 6. The molecule has 0 spiro atoms. The lowest BCUT2D eigenvalue weighted by molar-refractivity contribution is -0.231. The molecule has 0 aliphatic carbocycles. The first-order chi connectivity index (χ1) is 20.0. The highest BCUT2D eigenvalue weighted by molar-refractivity contribution is 5.34. The third-order valence-corrected chi connectivity index (χ3v) is 7.63. The Morgan fingerprint density at radius 1 is 0.929 bits per heavy atom. The molecule has 42 heavy (non-hydrogen) atoms. The summed E-state index contributed by atoms with van der Waals surface area (Å²) in [4.78, 5) is 6.13. The zero-order valence-electron chi connectivity index (χ0n) is 23.1. The van der Waals surface area contributed by atoms with Gasteiger partial charge in [-0.05, 0) is 62.2 Å². The van der Waals surface area contributed by atoms with Gasteiger partial charge in [0.1, 0.15) is 0 Å². The molecule has 2 aromatic carbocycles. The SMILES string of the molecule is C[C@@H](O[C@H]1OCCN(Cc2cnn(CCN3CCCC3)n2)[C@H]1c1ccccc1)c1cc(C(F)(F)F)cc(C(F)(F)F)c1. The van der Waals surface area contributed by atoms with Crippen molar-refractivity contribution < 1.29 is 35.8 Å². The number of likely N-dealkylation sites (tertiary alicyclic amines) is 1. The van der Waals surface area contributed by atoms with Crippen molar-refractivity contribution in [1.82, 2.24) is 24.8 Å².